The first-order chi connectivity index (χ1) is 14.5. The second-order valence-electron chi connectivity index (χ2n) is 9.57. The van der Waals surface area contributed by atoms with Gasteiger partial charge in [0.2, 0.25) is 5.91 Å². The molecule has 1 aromatic carbocycles. The molecule has 1 amide bonds. The smallest absolute Gasteiger partial charge is 0.222 e. The van der Waals surface area contributed by atoms with Crippen molar-refractivity contribution in [1.82, 2.24) is 14.8 Å². The van der Waals surface area contributed by atoms with Crippen LogP contribution in [0.1, 0.15) is 56.1 Å². The molecule has 2 fully saturated rings. The van der Waals surface area contributed by atoms with Crippen LogP contribution in [0, 0.1) is 5.41 Å². The van der Waals surface area contributed by atoms with Gasteiger partial charge in [-0.1, -0.05) is 36.4 Å². The number of nitrogens with zero attached hydrogens (tertiary/aromatic N) is 3. The average molecular weight is 406 g/mol. The van der Waals surface area contributed by atoms with Crippen molar-refractivity contribution in [2.24, 2.45) is 5.41 Å². The van der Waals surface area contributed by atoms with Crippen molar-refractivity contribution in [2.45, 2.75) is 56.9 Å². The molecule has 0 N–H and O–H groups in total. The largest absolute Gasteiger partial charge is 0.342 e. The number of hydrogen-bond acceptors (Lipinski definition) is 3. The van der Waals surface area contributed by atoms with E-state index in [0.717, 1.165) is 25.9 Å². The molecule has 2 aliphatic rings. The zero-order valence-corrected chi connectivity index (χ0v) is 18.5. The monoisotopic (exact) mass is 405 g/mol. The van der Waals surface area contributed by atoms with Crippen LogP contribution in [0.3, 0.4) is 0 Å². The van der Waals surface area contributed by atoms with Crippen molar-refractivity contribution < 1.29 is 4.79 Å². The first-order valence-electron chi connectivity index (χ1n) is 11.4. The van der Waals surface area contributed by atoms with E-state index in [0.29, 0.717) is 17.7 Å². The van der Waals surface area contributed by atoms with Crippen LogP contribution < -0.4 is 0 Å². The molecule has 1 saturated heterocycles. The summed E-state index contributed by atoms with van der Waals surface area (Å²) in [6, 6.07) is 15.0. The lowest BCUT2D eigenvalue weighted by atomic mass is 9.64. The Labute approximate surface area is 181 Å². The van der Waals surface area contributed by atoms with Gasteiger partial charge in [0.15, 0.2) is 0 Å². The number of aromatic nitrogens is 1. The van der Waals surface area contributed by atoms with Gasteiger partial charge < -0.3 is 4.90 Å². The molecule has 0 atom stereocenters. The number of hydrogen-bond donors (Lipinski definition) is 0. The number of carbonyl (C=O) groups is 1. The van der Waals surface area contributed by atoms with Gasteiger partial charge in [0.05, 0.1) is 0 Å². The highest BCUT2D eigenvalue weighted by Gasteiger charge is 2.48. The number of likely N-dealkylation sites (tertiary alicyclic amines) is 1. The zero-order valence-electron chi connectivity index (χ0n) is 18.5. The Morgan fingerprint density at radius 2 is 1.80 bits per heavy atom. The number of pyridine rings is 1. The molecule has 0 bridgehead atoms. The third-order valence-electron chi connectivity index (χ3n) is 7.67. The first-order valence-corrected chi connectivity index (χ1v) is 11.4. The van der Waals surface area contributed by atoms with E-state index in [1.54, 1.807) is 6.20 Å². The van der Waals surface area contributed by atoms with Gasteiger partial charge in [0.25, 0.3) is 0 Å². The Morgan fingerprint density at radius 3 is 2.47 bits per heavy atom. The van der Waals surface area contributed by atoms with Crippen LogP contribution in [0.5, 0.6) is 0 Å². The molecule has 1 aliphatic carbocycles. The summed E-state index contributed by atoms with van der Waals surface area (Å²) >= 11 is 0. The van der Waals surface area contributed by atoms with E-state index < -0.39 is 0 Å². The van der Waals surface area contributed by atoms with Crippen molar-refractivity contribution >= 4 is 5.91 Å². The molecule has 0 unspecified atom stereocenters. The lowest BCUT2D eigenvalue weighted by molar-refractivity contribution is -0.130. The summed E-state index contributed by atoms with van der Waals surface area (Å²) < 4.78 is 0. The Balaban J connectivity index is 1.32. The maximum Gasteiger partial charge on any atom is 0.222 e. The summed E-state index contributed by atoms with van der Waals surface area (Å²) in [7, 11) is 4.44. The van der Waals surface area contributed by atoms with Gasteiger partial charge in [0, 0.05) is 37.4 Å². The number of carbonyl (C=O) groups excluding carboxylic acids is 1. The van der Waals surface area contributed by atoms with Gasteiger partial charge in [-0.15, -0.1) is 0 Å². The molecule has 1 spiro atoms. The molecule has 0 radical (unpaired) electrons. The predicted octanol–water partition coefficient (Wildman–Crippen LogP) is 4.65. The Morgan fingerprint density at radius 1 is 1.03 bits per heavy atom. The van der Waals surface area contributed by atoms with Gasteiger partial charge in [-0.3, -0.25) is 14.7 Å². The standard InChI is InChI=1S/C26H35N3O/c1-28(2)26(23-10-4-3-5-11-23)15-13-25(14-16-26)17-19-29(21-25)24(30)12-6-8-22-9-7-18-27-20-22/h3-5,7,9-11,18,20H,6,8,12-17,19,21H2,1-2H3/t25-,26-. The Bertz CT molecular complexity index is 826. The molecule has 2 aromatic rings. The molecule has 4 heteroatoms. The minimum Gasteiger partial charge on any atom is -0.342 e. The highest BCUT2D eigenvalue weighted by molar-refractivity contribution is 5.76. The van der Waals surface area contributed by atoms with E-state index in [2.05, 4.69) is 65.3 Å². The van der Waals surface area contributed by atoms with Gasteiger partial charge in [-0.2, -0.15) is 0 Å². The van der Waals surface area contributed by atoms with Crippen LogP contribution in [-0.2, 0) is 16.8 Å². The maximum absolute atomic E-state index is 12.8. The van der Waals surface area contributed by atoms with Crippen LogP contribution in [0.25, 0.3) is 0 Å². The van der Waals surface area contributed by atoms with Gasteiger partial charge in [-0.05, 0) is 81.6 Å². The fourth-order valence-electron chi connectivity index (χ4n) is 5.64. The van der Waals surface area contributed by atoms with E-state index >= 15 is 0 Å². The third kappa shape index (κ3) is 4.29. The Hall–Kier alpha value is -2.20. The minimum atomic E-state index is 0.133. The number of benzene rings is 1. The SMILES string of the molecule is CN(C)[C@]1(c2ccccc2)CC[C@]2(CCN(C(=O)CCCc3cccnc3)C2)CC1. The van der Waals surface area contributed by atoms with Crippen molar-refractivity contribution in [3.05, 3.63) is 66.0 Å². The second-order valence-corrected chi connectivity index (χ2v) is 9.57. The molecule has 4 nitrogen and oxygen atoms in total. The van der Waals surface area contributed by atoms with E-state index in [1.807, 2.05) is 12.3 Å². The normalized spacial score (nSPS) is 26.4. The van der Waals surface area contributed by atoms with Crippen molar-refractivity contribution in [3.8, 4) is 0 Å². The van der Waals surface area contributed by atoms with Crippen LogP contribution in [0.2, 0.25) is 0 Å². The van der Waals surface area contributed by atoms with Gasteiger partial charge >= 0.3 is 0 Å². The lowest BCUT2D eigenvalue weighted by Gasteiger charge is -2.49. The summed E-state index contributed by atoms with van der Waals surface area (Å²) in [6.45, 7) is 1.89. The number of aryl methyl sites for hydroxylation is 1. The number of amides is 1. The van der Waals surface area contributed by atoms with E-state index in [-0.39, 0.29) is 5.54 Å². The van der Waals surface area contributed by atoms with Crippen LogP contribution in [0.4, 0.5) is 0 Å². The summed E-state index contributed by atoms with van der Waals surface area (Å²) in [4.78, 5) is 21.6. The molecule has 2 heterocycles. The third-order valence-corrected chi connectivity index (χ3v) is 7.67. The summed E-state index contributed by atoms with van der Waals surface area (Å²) in [6.07, 6.45) is 12.1. The second kappa shape index (κ2) is 8.89. The molecule has 160 valence electrons. The van der Waals surface area contributed by atoms with Gasteiger partial charge in [0.1, 0.15) is 0 Å². The molecule has 4 rings (SSSR count). The summed E-state index contributed by atoms with van der Waals surface area (Å²) in [5.74, 6) is 0.336. The van der Waals surface area contributed by atoms with Crippen LogP contribution in [0.15, 0.2) is 54.9 Å². The highest BCUT2D eigenvalue weighted by atomic mass is 16.2. The van der Waals surface area contributed by atoms with Gasteiger partial charge in [-0.25, -0.2) is 0 Å². The fraction of sp³-hybridized carbons (Fsp3) is 0.538. The Kier molecular flexibility index (Phi) is 6.24. The predicted molar refractivity (Wildman–Crippen MR) is 121 cm³/mol. The van der Waals surface area contributed by atoms with E-state index in [1.165, 1.54) is 43.2 Å². The van der Waals surface area contributed by atoms with E-state index in [9.17, 15) is 4.79 Å². The van der Waals surface area contributed by atoms with Crippen molar-refractivity contribution in [2.75, 3.05) is 27.2 Å². The number of rotatable bonds is 6. The molecular weight excluding hydrogens is 370 g/mol. The maximum atomic E-state index is 12.8. The molecule has 30 heavy (non-hydrogen) atoms. The summed E-state index contributed by atoms with van der Waals surface area (Å²) in [5, 5.41) is 0. The molecular formula is C26H35N3O. The van der Waals surface area contributed by atoms with Crippen LogP contribution in [-0.4, -0.2) is 47.9 Å². The molecule has 1 saturated carbocycles. The van der Waals surface area contributed by atoms with Crippen molar-refractivity contribution in [1.29, 1.82) is 0 Å². The minimum absolute atomic E-state index is 0.133. The molecule has 1 aliphatic heterocycles. The fourth-order valence-corrected chi connectivity index (χ4v) is 5.64. The quantitative estimate of drug-likeness (QED) is 0.702. The average Bonchev–Trinajstić information content (AvgIpc) is 3.19. The first kappa shape index (κ1) is 21.0. The lowest BCUT2D eigenvalue weighted by Crippen LogP contribution is -2.47. The molecule has 1 aromatic heterocycles. The zero-order chi connectivity index (χ0) is 21.0. The van der Waals surface area contributed by atoms with Crippen LogP contribution >= 0.6 is 0 Å². The van der Waals surface area contributed by atoms with Crippen molar-refractivity contribution in [3.63, 3.8) is 0 Å². The summed E-state index contributed by atoms with van der Waals surface area (Å²) in [5.41, 5.74) is 3.11. The topological polar surface area (TPSA) is 36.4 Å². The highest BCUT2D eigenvalue weighted by Crippen LogP contribution is 2.51. The van der Waals surface area contributed by atoms with E-state index in [4.69, 9.17) is 0 Å².